The van der Waals surface area contributed by atoms with Crippen molar-refractivity contribution in [2.24, 2.45) is 4.99 Å². The Balaban J connectivity index is 1.89. The highest BCUT2D eigenvalue weighted by molar-refractivity contribution is 8.00. The topological polar surface area (TPSA) is 58.5 Å². The number of amidine groups is 1. The van der Waals surface area contributed by atoms with E-state index in [0.717, 1.165) is 5.56 Å². The first kappa shape index (κ1) is 17.4. The van der Waals surface area contributed by atoms with E-state index in [2.05, 4.69) is 28.8 Å². The molecule has 3 rings (SSSR count). The van der Waals surface area contributed by atoms with Gasteiger partial charge in [0.25, 0.3) is 10.0 Å². The lowest BCUT2D eigenvalue weighted by Crippen LogP contribution is -2.24. The molecule has 5 heteroatoms. The Hall–Kier alpha value is -2.40. The molecular weight excluding hydrogens is 332 g/mol. The quantitative estimate of drug-likeness (QED) is 0.906. The van der Waals surface area contributed by atoms with E-state index < -0.39 is 10.0 Å². The van der Waals surface area contributed by atoms with E-state index in [9.17, 15) is 8.42 Å². The molecule has 1 heterocycles. The fourth-order valence-corrected chi connectivity index (χ4v) is 4.43. The highest BCUT2D eigenvalue weighted by Crippen LogP contribution is 2.30. The Morgan fingerprint density at radius 2 is 1.64 bits per heavy atom. The second kappa shape index (κ2) is 6.84. The zero-order valence-electron chi connectivity index (χ0n) is 14.7. The average molecular weight is 354 g/mol. The number of nitrogens with one attached hydrogen (secondary N) is 1. The summed E-state index contributed by atoms with van der Waals surface area (Å²) in [5.74, 6) is 0.660. The van der Waals surface area contributed by atoms with E-state index in [-0.39, 0.29) is 5.92 Å². The van der Waals surface area contributed by atoms with Gasteiger partial charge in [0.05, 0.1) is 0 Å². The third kappa shape index (κ3) is 3.66. The van der Waals surface area contributed by atoms with E-state index in [4.69, 9.17) is 0 Å². The Morgan fingerprint density at radius 1 is 1.00 bits per heavy atom. The van der Waals surface area contributed by atoms with Gasteiger partial charge >= 0.3 is 0 Å². The van der Waals surface area contributed by atoms with E-state index in [1.807, 2.05) is 49.4 Å². The highest BCUT2D eigenvalue weighted by atomic mass is 32.2. The molecule has 0 saturated carbocycles. The van der Waals surface area contributed by atoms with Crippen molar-refractivity contribution in [3.63, 3.8) is 0 Å². The van der Waals surface area contributed by atoms with Crippen molar-refractivity contribution in [3.8, 4) is 0 Å². The largest absolute Gasteiger partial charge is 0.267 e. The molecule has 0 aliphatic carbocycles. The summed E-state index contributed by atoms with van der Waals surface area (Å²) < 4.78 is 27.7. The lowest BCUT2D eigenvalue weighted by atomic mass is 10.0. The Kier molecular flexibility index (Phi) is 4.77. The van der Waals surface area contributed by atoms with Gasteiger partial charge < -0.3 is 0 Å². The maximum atomic E-state index is 12.5. The molecule has 0 spiro atoms. The number of hydrogen-bond donors (Lipinski definition) is 1. The van der Waals surface area contributed by atoms with Crippen LogP contribution in [-0.4, -0.2) is 20.8 Å². The molecule has 0 saturated heterocycles. The fraction of sp³-hybridized carbons (Fsp3) is 0.250. The van der Waals surface area contributed by atoms with Crippen LogP contribution in [-0.2, 0) is 10.0 Å². The van der Waals surface area contributed by atoms with Gasteiger partial charge in [0.2, 0.25) is 0 Å². The molecule has 0 radical (unpaired) electrons. The molecule has 0 amide bonds. The van der Waals surface area contributed by atoms with Gasteiger partial charge in [0.15, 0.2) is 0 Å². The number of aryl methyl sites for hydroxylation is 1. The van der Waals surface area contributed by atoms with Gasteiger partial charge in [-0.15, -0.1) is 0 Å². The maximum absolute atomic E-state index is 12.5. The third-order valence-corrected chi connectivity index (χ3v) is 5.94. The molecule has 4 nitrogen and oxygen atoms in total. The van der Waals surface area contributed by atoms with Crippen LogP contribution in [0.25, 0.3) is 4.91 Å². The van der Waals surface area contributed by atoms with Crippen LogP contribution in [0.2, 0.25) is 0 Å². The summed E-state index contributed by atoms with van der Waals surface area (Å²) >= 11 is 0. The van der Waals surface area contributed by atoms with Gasteiger partial charge in [0.1, 0.15) is 10.7 Å². The first-order valence-corrected chi connectivity index (χ1v) is 9.77. The number of rotatable bonds is 4. The summed E-state index contributed by atoms with van der Waals surface area (Å²) in [4.78, 5) is 4.86. The summed E-state index contributed by atoms with van der Waals surface area (Å²) in [7, 11) is -3.57. The third-order valence-electron chi connectivity index (χ3n) is 4.40. The highest BCUT2D eigenvalue weighted by Gasteiger charge is 2.32. The summed E-state index contributed by atoms with van der Waals surface area (Å²) in [5, 5.41) is 0. The Bertz CT molecular complexity index is 927. The number of aliphatic imine (C=N–C) groups is 1. The molecule has 1 aliphatic heterocycles. The van der Waals surface area contributed by atoms with Crippen LogP contribution >= 0.6 is 0 Å². The monoisotopic (exact) mass is 354 g/mol. The minimum Gasteiger partial charge on any atom is -0.267 e. The van der Waals surface area contributed by atoms with Crippen molar-refractivity contribution in [2.75, 3.05) is 6.54 Å². The zero-order valence-corrected chi connectivity index (χ0v) is 15.5. The lowest BCUT2D eigenvalue weighted by molar-refractivity contribution is 0.603. The normalized spacial score (nSPS) is 19.1. The second-order valence-corrected chi connectivity index (χ2v) is 8.05. The van der Waals surface area contributed by atoms with Gasteiger partial charge in [-0.3, -0.25) is 9.71 Å². The zero-order chi connectivity index (χ0) is 18.0. The average Bonchev–Trinajstić information content (AvgIpc) is 2.83. The number of sulfonamides is 1. The van der Waals surface area contributed by atoms with Crippen LogP contribution in [0.4, 0.5) is 0 Å². The van der Waals surface area contributed by atoms with E-state index in [0.29, 0.717) is 28.4 Å². The van der Waals surface area contributed by atoms with Crippen molar-refractivity contribution >= 4 is 20.8 Å². The van der Waals surface area contributed by atoms with Gasteiger partial charge in [-0.05, 0) is 25.0 Å². The van der Waals surface area contributed by atoms with E-state index >= 15 is 0 Å². The van der Waals surface area contributed by atoms with Gasteiger partial charge in [-0.2, -0.15) is 0 Å². The van der Waals surface area contributed by atoms with Gasteiger partial charge in [0, 0.05) is 18.0 Å². The van der Waals surface area contributed by atoms with Crippen molar-refractivity contribution in [2.45, 2.75) is 26.7 Å². The Labute approximate surface area is 149 Å². The van der Waals surface area contributed by atoms with Crippen LogP contribution in [0.1, 0.15) is 36.5 Å². The van der Waals surface area contributed by atoms with E-state index in [1.54, 1.807) is 6.92 Å². The molecule has 130 valence electrons. The van der Waals surface area contributed by atoms with Crippen molar-refractivity contribution in [1.82, 2.24) is 4.72 Å². The first-order chi connectivity index (χ1) is 11.9. The molecule has 1 N–H and O–H groups in total. The van der Waals surface area contributed by atoms with Gasteiger partial charge in [-0.25, -0.2) is 8.42 Å². The molecule has 0 bridgehead atoms. The summed E-state index contributed by atoms with van der Waals surface area (Å²) in [5.41, 5.74) is 3.64. The predicted octanol–water partition coefficient (Wildman–Crippen LogP) is 3.86. The van der Waals surface area contributed by atoms with Gasteiger partial charge in [-0.1, -0.05) is 67.1 Å². The first-order valence-electron chi connectivity index (χ1n) is 8.29. The van der Waals surface area contributed by atoms with Crippen LogP contribution in [0.15, 0.2) is 65.2 Å². The molecule has 0 aromatic heterocycles. The van der Waals surface area contributed by atoms with Crippen molar-refractivity contribution < 1.29 is 8.42 Å². The molecule has 2 aromatic carbocycles. The van der Waals surface area contributed by atoms with Crippen LogP contribution in [0.3, 0.4) is 0 Å². The standard InChI is InChI=1S/C20H22N2O2S/c1-14-9-11-18(12-10-14)19-16(3)20(22-25(19,23)24)21-13-15(2)17-7-5-4-6-8-17/h4-12,15H,13H2,1-3H3,(H,21,22). The minimum absolute atomic E-state index is 0.217. The maximum Gasteiger partial charge on any atom is 0.264 e. The van der Waals surface area contributed by atoms with E-state index in [1.165, 1.54) is 5.56 Å². The summed E-state index contributed by atoms with van der Waals surface area (Å²) in [6.07, 6.45) is 0. The summed E-state index contributed by atoms with van der Waals surface area (Å²) in [6, 6.07) is 17.6. The molecular formula is C20H22N2O2S. The molecule has 2 aromatic rings. The van der Waals surface area contributed by atoms with Crippen LogP contribution in [0.5, 0.6) is 0 Å². The number of nitrogens with zero attached hydrogens (tertiary/aromatic N) is 1. The molecule has 1 aliphatic rings. The Morgan fingerprint density at radius 3 is 2.28 bits per heavy atom. The lowest BCUT2D eigenvalue weighted by Gasteiger charge is -2.09. The van der Waals surface area contributed by atoms with Crippen molar-refractivity contribution in [1.29, 1.82) is 0 Å². The smallest absolute Gasteiger partial charge is 0.264 e. The second-order valence-electron chi connectivity index (χ2n) is 6.43. The van der Waals surface area contributed by atoms with Crippen molar-refractivity contribution in [3.05, 3.63) is 76.9 Å². The summed E-state index contributed by atoms with van der Waals surface area (Å²) in [6.45, 7) is 6.40. The SMILES string of the molecule is CC1=C(c2ccc(C)cc2)S(=O)(=O)NC1=NCC(C)c1ccccc1. The number of hydrogen-bond acceptors (Lipinski definition) is 3. The van der Waals surface area contributed by atoms with Crippen LogP contribution < -0.4 is 4.72 Å². The minimum atomic E-state index is -3.57. The fourth-order valence-electron chi connectivity index (χ4n) is 2.91. The predicted molar refractivity (Wildman–Crippen MR) is 103 cm³/mol. The number of benzene rings is 2. The molecule has 25 heavy (non-hydrogen) atoms. The molecule has 0 fully saturated rings. The van der Waals surface area contributed by atoms with Crippen LogP contribution in [0, 0.1) is 6.92 Å². The molecule has 1 unspecified atom stereocenters. The molecule has 1 atom stereocenters.